The van der Waals surface area contributed by atoms with Gasteiger partial charge in [-0.25, -0.2) is 13.4 Å². The highest BCUT2D eigenvalue weighted by Gasteiger charge is 2.62. The summed E-state index contributed by atoms with van der Waals surface area (Å²) >= 11 is 0. The first kappa shape index (κ1) is 37.1. The largest absolute Gasteiger partial charge is 0.472 e. The fraction of sp³-hybridized carbons (Fsp3) is 0.575. The van der Waals surface area contributed by atoms with E-state index in [9.17, 15) is 27.6 Å². The molecule has 4 fully saturated rings. The molecule has 3 heterocycles. The van der Waals surface area contributed by atoms with E-state index in [2.05, 4.69) is 41.5 Å². The second kappa shape index (κ2) is 14.5. The van der Waals surface area contributed by atoms with Gasteiger partial charge in [0.15, 0.2) is 0 Å². The zero-order valence-corrected chi connectivity index (χ0v) is 31.4. The van der Waals surface area contributed by atoms with Gasteiger partial charge in [0, 0.05) is 23.9 Å². The minimum absolute atomic E-state index is 0.0533. The van der Waals surface area contributed by atoms with Gasteiger partial charge in [-0.05, 0) is 79.4 Å². The third-order valence-electron chi connectivity index (χ3n) is 11.7. The van der Waals surface area contributed by atoms with Crippen molar-refractivity contribution in [3.05, 3.63) is 54.8 Å². The maximum atomic E-state index is 14.7. The van der Waals surface area contributed by atoms with Crippen LogP contribution in [-0.4, -0.2) is 78.1 Å². The first-order valence-corrected chi connectivity index (χ1v) is 20.5. The number of fused-ring (bicyclic) bond motifs is 3. The number of pyridine rings is 1. The van der Waals surface area contributed by atoms with Crippen LogP contribution < -0.4 is 14.8 Å². The number of sulfonamides is 1. The van der Waals surface area contributed by atoms with Crippen LogP contribution in [0.2, 0.25) is 0 Å². The Labute approximate surface area is 311 Å². The number of esters is 1. The van der Waals surface area contributed by atoms with E-state index >= 15 is 0 Å². The molecule has 2 aromatic rings. The van der Waals surface area contributed by atoms with Crippen molar-refractivity contribution in [2.24, 2.45) is 23.2 Å². The summed E-state index contributed by atoms with van der Waals surface area (Å²) in [5.74, 6) is -3.05. The third-order valence-corrected chi connectivity index (χ3v) is 13.5. The summed E-state index contributed by atoms with van der Waals surface area (Å²) in [6, 6.07) is 6.88. The third kappa shape index (κ3) is 8.00. The Kier molecular flexibility index (Phi) is 10.2. The predicted octanol–water partition coefficient (Wildman–Crippen LogP) is 4.83. The molecule has 2 aliphatic heterocycles. The molecule has 13 heteroatoms. The number of carbonyl (C=O) groups is 4. The lowest BCUT2D eigenvalue weighted by molar-refractivity contribution is -0.153. The highest BCUT2D eigenvalue weighted by molar-refractivity contribution is 7.91. The minimum Gasteiger partial charge on any atom is -0.472 e. The van der Waals surface area contributed by atoms with Crippen LogP contribution in [0.3, 0.4) is 0 Å². The first-order chi connectivity index (χ1) is 25.3. The second-order valence-electron chi connectivity index (χ2n) is 16.4. The van der Waals surface area contributed by atoms with Crippen LogP contribution in [0, 0.1) is 23.2 Å². The number of nitrogens with one attached hydrogen (secondary N) is 2. The van der Waals surface area contributed by atoms with E-state index in [0.29, 0.717) is 18.7 Å². The summed E-state index contributed by atoms with van der Waals surface area (Å²) in [6.45, 7) is 8.18. The van der Waals surface area contributed by atoms with Crippen molar-refractivity contribution in [3.63, 3.8) is 0 Å². The summed E-state index contributed by atoms with van der Waals surface area (Å²) in [5, 5.41) is 3.95. The summed E-state index contributed by atoms with van der Waals surface area (Å²) in [6.07, 6.45) is 12.9. The normalized spacial score (nSPS) is 30.0. The molecule has 5 atom stereocenters. The molecule has 3 saturated carbocycles. The maximum Gasteiger partial charge on any atom is 0.306 e. The number of cyclic esters (lactones) is 1. The van der Waals surface area contributed by atoms with E-state index in [0.717, 1.165) is 54.9 Å². The van der Waals surface area contributed by atoms with E-state index in [1.54, 1.807) is 6.20 Å². The molecular weight excluding hydrogens is 697 g/mol. The number of rotatable bonds is 7. The van der Waals surface area contributed by atoms with E-state index < -0.39 is 62.6 Å². The smallest absolute Gasteiger partial charge is 0.306 e. The second-order valence-corrected chi connectivity index (χ2v) is 18.3. The Morgan fingerprint density at radius 2 is 1.87 bits per heavy atom. The predicted molar refractivity (Wildman–Crippen MR) is 199 cm³/mol. The fourth-order valence-electron chi connectivity index (χ4n) is 8.22. The van der Waals surface area contributed by atoms with Crippen LogP contribution >= 0.6 is 0 Å². The Morgan fingerprint density at radius 3 is 2.58 bits per heavy atom. The van der Waals surface area contributed by atoms with Crippen molar-refractivity contribution < 1.29 is 37.1 Å². The van der Waals surface area contributed by atoms with Crippen molar-refractivity contribution in [3.8, 4) is 5.88 Å². The van der Waals surface area contributed by atoms with Gasteiger partial charge in [0.1, 0.15) is 17.7 Å². The molecule has 7 rings (SSSR count). The number of aromatic nitrogens is 1. The van der Waals surface area contributed by atoms with E-state index in [1.165, 1.54) is 11.0 Å². The van der Waals surface area contributed by atoms with Crippen LogP contribution in [-0.2, 0) is 33.9 Å². The summed E-state index contributed by atoms with van der Waals surface area (Å²) in [4.78, 5) is 62.1. The summed E-state index contributed by atoms with van der Waals surface area (Å²) in [7, 11) is -3.88. The molecule has 3 aliphatic carbocycles. The zero-order chi connectivity index (χ0) is 37.5. The number of amides is 3. The molecule has 0 radical (unpaired) electrons. The SMILES string of the molecule is C=C[C@H]1C[C@]1(NC(=O)[C@@H]1C[C@@H]2CN1C(=O)[C@H](C1CCCC1)CC(=O)OCC(C)(C)CC/C=C/c1ccc3ccnc(c3c1)O2)C(=O)NS(=O)(=O)C1CC1. The van der Waals surface area contributed by atoms with E-state index in [-0.39, 0.29) is 49.7 Å². The van der Waals surface area contributed by atoms with Gasteiger partial charge in [0.05, 0.1) is 30.7 Å². The van der Waals surface area contributed by atoms with Gasteiger partial charge >= 0.3 is 5.97 Å². The minimum atomic E-state index is -3.88. The van der Waals surface area contributed by atoms with Crippen molar-refractivity contribution in [1.82, 2.24) is 19.9 Å². The molecule has 0 spiro atoms. The molecule has 53 heavy (non-hydrogen) atoms. The number of hydrogen-bond donors (Lipinski definition) is 2. The van der Waals surface area contributed by atoms with Crippen molar-refractivity contribution >= 4 is 50.6 Å². The molecule has 1 aromatic carbocycles. The van der Waals surface area contributed by atoms with Gasteiger partial charge in [-0.1, -0.05) is 57.0 Å². The van der Waals surface area contributed by atoms with Gasteiger partial charge in [-0.15, -0.1) is 6.58 Å². The molecule has 4 bridgehead atoms. The number of hydrogen-bond acceptors (Lipinski definition) is 9. The number of allylic oxidation sites excluding steroid dienone is 1. The Bertz CT molecular complexity index is 1930. The average Bonchev–Trinajstić information content (AvgIpc) is 4.00. The molecular formula is C40H50N4O8S. The van der Waals surface area contributed by atoms with Gasteiger partial charge in [-0.3, -0.25) is 23.9 Å². The summed E-state index contributed by atoms with van der Waals surface area (Å²) in [5.41, 5.74) is -0.838. The number of ether oxygens (including phenoxy) is 2. The number of carbonyl (C=O) groups excluding carboxylic acids is 4. The molecule has 3 amide bonds. The molecule has 1 aromatic heterocycles. The first-order valence-electron chi connectivity index (χ1n) is 19.0. The molecule has 12 nitrogen and oxygen atoms in total. The molecule has 2 N–H and O–H groups in total. The maximum absolute atomic E-state index is 14.7. The Balaban J connectivity index is 1.22. The molecule has 1 saturated heterocycles. The topological polar surface area (TPSA) is 161 Å². The van der Waals surface area contributed by atoms with Crippen molar-refractivity contribution in [2.75, 3.05) is 13.2 Å². The Morgan fingerprint density at radius 1 is 1.09 bits per heavy atom. The molecule has 0 unspecified atom stereocenters. The molecule has 5 aliphatic rings. The van der Waals surface area contributed by atoms with Crippen LogP contribution in [0.15, 0.2) is 49.2 Å². The lowest BCUT2D eigenvalue weighted by Crippen LogP contribution is -2.57. The lowest BCUT2D eigenvalue weighted by atomic mass is 9.86. The highest BCUT2D eigenvalue weighted by atomic mass is 32.2. The average molecular weight is 747 g/mol. The van der Waals surface area contributed by atoms with E-state index in [4.69, 9.17) is 9.47 Å². The van der Waals surface area contributed by atoms with Crippen molar-refractivity contribution in [1.29, 1.82) is 0 Å². The van der Waals surface area contributed by atoms with Crippen molar-refractivity contribution in [2.45, 2.75) is 107 Å². The Hall–Kier alpha value is -4.26. The van der Waals surface area contributed by atoms with Crippen LogP contribution in [0.25, 0.3) is 16.8 Å². The van der Waals surface area contributed by atoms with Gasteiger partial charge in [0.25, 0.3) is 5.91 Å². The quantitative estimate of drug-likeness (QED) is 0.299. The lowest BCUT2D eigenvalue weighted by Gasteiger charge is -2.31. The fourth-order valence-corrected chi connectivity index (χ4v) is 9.58. The van der Waals surface area contributed by atoms with Gasteiger partial charge in [-0.2, -0.15) is 0 Å². The van der Waals surface area contributed by atoms with Crippen LogP contribution in [0.1, 0.15) is 90.0 Å². The summed E-state index contributed by atoms with van der Waals surface area (Å²) < 4.78 is 40.0. The number of benzene rings is 1. The monoisotopic (exact) mass is 746 g/mol. The van der Waals surface area contributed by atoms with Crippen LogP contribution in [0.5, 0.6) is 5.88 Å². The molecule has 284 valence electrons. The number of nitrogens with zero attached hydrogens (tertiary/aromatic N) is 2. The van der Waals surface area contributed by atoms with Gasteiger partial charge < -0.3 is 19.7 Å². The van der Waals surface area contributed by atoms with Crippen LogP contribution in [0.4, 0.5) is 0 Å². The zero-order valence-electron chi connectivity index (χ0n) is 30.6. The van der Waals surface area contributed by atoms with E-state index in [1.807, 2.05) is 30.3 Å². The van der Waals surface area contributed by atoms with Gasteiger partial charge in [0.2, 0.25) is 27.7 Å². The highest BCUT2D eigenvalue weighted by Crippen LogP contribution is 2.46. The standard InChI is InChI=1S/C40H50N4O8S/c1-4-28-22-40(28,38(48)43-53(49,50)30-14-15-30)42-35(46)33-20-29-23-44(33)37(47)32(26-10-5-6-11-26)21-34(45)51-24-39(2,3)17-8-7-9-25-12-13-27-16-18-41-36(52-29)31(27)19-25/h4,7,9,12-13,16,18-19,26,28-30,32-33H,1,5-6,8,10-11,14-15,17,20-24H2,2-3H3,(H,42,46)(H,43,48)/b9-7+/t28-,29+,32-,33-,40+/m0/s1.